The highest BCUT2D eigenvalue weighted by Crippen LogP contribution is 2.32. The molecule has 0 unspecified atom stereocenters. The number of hydrogen-bond acceptors (Lipinski definition) is 8. The second-order valence-electron chi connectivity index (χ2n) is 9.15. The zero-order valence-corrected chi connectivity index (χ0v) is 18.8. The van der Waals surface area contributed by atoms with E-state index in [0.717, 1.165) is 60.4 Å². The number of aromatic nitrogens is 6. The van der Waals surface area contributed by atoms with E-state index in [4.69, 9.17) is 14.4 Å². The first kappa shape index (κ1) is 20.4. The van der Waals surface area contributed by atoms with Crippen molar-refractivity contribution in [2.75, 3.05) is 25.1 Å². The molecule has 0 aliphatic carbocycles. The zero-order chi connectivity index (χ0) is 22.3. The van der Waals surface area contributed by atoms with E-state index in [1.54, 1.807) is 7.11 Å². The molecule has 1 fully saturated rings. The maximum Gasteiger partial charge on any atom is 0.261 e. The summed E-state index contributed by atoms with van der Waals surface area (Å²) in [6.45, 7) is 8.10. The highest BCUT2D eigenvalue weighted by atomic mass is 16.5. The molecule has 3 aromatic heterocycles. The average molecular weight is 434 g/mol. The van der Waals surface area contributed by atoms with Crippen molar-refractivity contribution < 1.29 is 9.26 Å². The first-order valence-corrected chi connectivity index (χ1v) is 10.9. The van der Waals surface area contributed by atoms with E-state index in [2.05, 4.69) is 46.0 Å². The van der Waals surface area contributed by atoms with Crippen LogP contribution in [0.5, 0.6) is 5.75 Å². The second-order valence-corrected chi connectivity index (χ2v) is 9.15. The second kappa shape index (κ2) is 7.89. The molecular formula is C23H27N7O2. The highest BCUT2D eigenvalue weighted by Gasteiger charge is 2.27. The van der Waals surface area contributed by atoms with Crippen molar-refractivity contribution in [3.8, 4) is 17.2 Å². The van der Waals surface area contributed by atoms with Gasteiger partial charge in [0.15, 0.2) is 17.3 Å². The fourth-order valence-corrected chi connectivity index (χ4v) is 4.11. The molecule has 1 aromatic carbocycles. The Kier molecular flexibility index (Phi) is 5.03. The molecule has 0 radical (unpaired) electrons. The summed E-state index contributed by atoms with van der Waals surface area (Å²) < 4.78 is 12.8. The number of benzene rings is 1. The summed E-state index contributed by atoms with van der Waals surface area (Å²) >= 11 is 0. The maximum absolute atomic E-state index is 5.56. The van der Waals surface area contributed by atoms with Gasteiger partial charge in [0, 0.05) is 24.4 Å². The lowest BCUT2D eigenvalue weighted by Gasteiger charge is -2.31. The fourth-order valence-electron chi connectivity index (χ4n) is 4.11. The summed E-state index contributed by atoms with van der Waals surface area (Å²) in [5.41, 5.74) is 1.45. The van der Waals surface area contributed by atoms with Crippen LogP contribution in [-0.4, -0.2) is 50.2 Å². The van der Waals surface area contributed by atoms with Gasteiger partial charge in [0.05, 0.1) is 12.7 Å². The van der Waals surface area contributed by atoms with Crippen molar-refractivity contribution in [3.05, 3.63) is 48.0 Å². The van der Waals surface area contributed by atoms with Crippen LogP contribution in [0.4, 0.5) is 5.82 Å². The van der Waals surface area contributed by atoms with Gasteiger partial charge in [-0.3, -0.25) is 0 Å². The molecule has 4 aromatic rings. The standard InChI is InChI=1S/C23H27N7O2/c1-23(2,3)22-26-25-18-9-10-19(27-30(18)22)29-13-11-15(12-14-29)20-24-21(32-28-20)16-7-5-6-8-17(16)31-4/h5-10,15H,11-14H2,1-4H3. The maximum atomic E-state index is 5.56. The molecule has 1 saturated heterocycles. The molecule has 5 rings (SSSR count). The van der Waals surface area contributed by atoms with Crippen molar-refractivity contribution in [2.24, 2.45) is 0 Å². The highest BCUT2D eigenvalue weighted by molar-refractivity contribution is 5.62. The van der Waals surface area contributed by atoms with E-state index in [1.807, 2.05) is 40.9 Å². The molecule has 0 amide bonds. The predicted octanol–water partition coefficient (Wildman–Crippen LogP) is 3.86. The molecule has 32 heavy (non-hydrogen) atoms. The lowest BCUT2D eigenvalue weighted by atomic mass is 9.96. The largest absolute Gasteiger partial charge is 0.496 e. The number of methoxy groups -OCH3 is 1. The van der Waals surface area contributed by atoms with Crippen LogP contribution in [0.3, 0.4) is 0 Å². The Hall–Kier alpha value is -3.49. The molecule has 9 heteroatoms. The average Bonchev–Trinajstić information content (AvgIpc) is 3.46. The van der Waals surface area contributed by atoms with Gasteiger partial charge in [0.25, 0.3) is 5.89 Å². The molecule has 0 bridgehead atoms. The molecule has 1 aliphatic rings. The summed E-state index contributed by atoms with van der Waals surface area (Å²) in [6.07, 6.45) is 1.86. The summed E-state index contributed by atoms with van der Waals surface area (Å²) in [7, 11) is 1.64. The van der Waals surface area contributed by atoms with Gasteiger partial charge in [0.2, 0.25) is 0 Å². The number of para-hydroxylation sites is 1. The van der Waals surface area contributed by atoms with E-state index in [1.165, 1.54) is 0 Å². The molecule has 0 saturated carbocycles. The molecule has 0 N–H and O–H groups in total. The molecule has 1 aliphatic heterocycles. The first-order chi connectivity index (χ1) is 15.4. The van der Waals surface area contributed by atoms with Crippen molar-refractivity contribution in [2.45, 2.75) is 44.9 Å². The van der Waals surface area contributed by atoms with Crippen molar-refractivity contribution >= 4 is 11.5 Å². The number of anilines is 1. The first-order valence-electron chi connectivity index (χ1n) is 10.9. The Morgan fingerprint density at radius 1 is 1.03 bits per heavy atom. The summed E-state index contributed by atoms with van der Waals surface area (Å²) in [4.78, 5) is 6.97. The van der Waals surface area contributed by atoms with E-state index in [-0.39, 0.29) is 11.3 Å². The minimum atomic E-state index is -0.129. The van der Waals surface area contributed by atoms with Gasteiger partial charge in [0.1, 0.15) is 11.6 Å². The Labute approximate surface area is 186 Å². The Morgan fingerprint density at radius 3 is 2.56 bits per heavy atom. The number of piperidine rings is 1. The van der Waals surface area contributed by atoms with Gasteiger partial charge in [-0.1, -0.05) is 38.1 Å². The number of ether oxygens (including phenoxy) is 1. The number of hydrogen-bond donors (Lipinski definition) is 0. The minimum absolute atomic E-state index is 0.129. The third kappa shape index (κ3) is 3.68. The van der Waals surface area contributed by atoms with E-state index in [9.17, 15) is 0 Å². The van der Waals surface area contributed by atoms with Gasteiger partial charge in [-0.2, -0.15) is 9.50 Å². The van der Waals surface area contributed by atoms with Crippen molar-refractivity contribution in [3.63, 3.8) is 0 Å². The van der Waals surface area contributed by atoms with Gasteiger partial charge in [-0.05, 0) is 37.1 Å². The number of fused-ring (bicyclic) bond motifs is 1. The van der Waals surface area contributed by atoms with Crippen LogP contribution >= 0.6 is 0 Å². The van der Waals surface area contributed by atoms with Crippen LogP contribution in [-0.2, 0) is 5.41 Å². The van der Waals surface area contributed by atoms with Crippen molar-refractivity contribution in [1.82, 2.24) is 30.0 Å². The molecular weight excluding hydrogens is 406 g/mol. The van der Waals surface area contributed by atoms with Crippen LogP contribution in [0.25, 0.3) is 17.1 Å². The molecule has 166 valence electrons. The molecule has 0 spiro atoms. The topological polar surface area (TPSA) is 94.5 Å². The Balaban J connectivity index is 1.31. The SMILES string of the molecule is COc1ccccc1-c1nc(C2CCN(c3ccc4nnc(C(C)(C)C)n4n3)CC2)no1. The smallest absolute Gasteiger partial charge is 0.261 e. The van der Waals surface area contributed by atoms with Crippen LogP contribution in [0, 0.1) is 0 Å². The normalized spacial score (nSPS) is 15.4. The van der Waals surface area contributed by atoms with Gasteiger partial charge in [-0.25, -0.2) is 0 Å². The molecule has 0 atom stereocenters. The monoisotopic (exact) mass is 433 g/mol. The van der Waals surface area contributed by atoms with E-state index >= 15 is 0 Å². The Bertz CT molecular complexity index is 1230. The van der Waals surface area contributed by atoms with E-state index < -0.39 is 0 Å². The number of nitrogens with zero attached hydrogens (tertiary/aromatic N) is 7. The molecule has 4 heterocycles. The van der Waals surface area contributed by atoms with Crippen LogP contribution in [0.2, 0.25) is 0 Å². The third-order valence-electron chi connectivity index (χ3n) is 5.88. The van der Waals surface area contributed by atoms with Gasteiger partial charge in [-0.15, -0.1) is 15.3 Å². The third-order valence-corrected chi connectivity index (χ3v) is 5.88. The minimum Gasteiger partial charge on any atom is -0.496 e. The summed E-state index contributed by atoms with van der Waals surface area (Å²) in [5, 5.41) is 17.7. The van der Waals surface area contributed by atoms with Crippen molar-refractivity contribution in [1.29, 1.82) is 0 Å². The molecule has 9 nitrogen and oxygen atoms in total. The van der Waals surface area contributed by atoms with Gasteiger partial charge >= 0.3 is 0 Å². The lowest BCUT2D eigenvalue weighted by Crippen LogP contribution is -2.34. The lowest BCUT2D eigenvalue weighted by molar-refractivity contribution is 0.393. The number of rotatable bonds is 4. The van der Waals surface area contributed by atoms with Crippen LogP contribution in [0.15, 0.2) is 40.9 Å². The van der Waals surface area contributed by atoms with Crippen LogP contribution < -0.4 is 9.64 Å². The van der Waals surface area contributed by atoms with Crippen LogP contribution in [0.1, 0.15) is 51.2 Å². The summed E-state index contributed by atoms with van der Waals surface area (Å²) in [6, 6.07) is 11.7. The Morgan fingerprint density at radius 2 is 1.81 bits per heavy atom. The van der Waals surface area contributed by atoms with Gasteiger partial charge < -0.3 is 14.2 Å². The fraction of sp³-hybridized carbons (Fsp3) is 0.435. The summed E-state index contributed by atoms with van der Waals surface area (Å²) in [5.74, 6) is 4.02. The zero-order valence-electron chi connectivity index (χ0n) is 18.8. The quantitative estimate of drug-likeness (QED) is 0.479. The van der Waals surface area contributed by atoms with E-state index in [0.29, 0.717) is 5.89 Å². The predicted molar refractivity (Wildman–Crippen MR) is 120 cm³/mol.